The van der Waals surface area contributed by atoms with Crippen LogP contribution >= 0.6 is 0 Å². The van der Waals surface area contributed by atoms with Crippen molar-refractivity contribution in [1.29, 1.82) is 5.26 Å². The minimum absolute atomic E-state index is 0.0490. The molecule has 1 aromatic rings. The highest BCUT2D eigenvalue weighted by Crippen LogP contribution is 2.02. The SMILES string of the molecule is CC(C)CNC(=O)CCNCc1cccnc1C#N. The van der Waals surface area contributed by atoms with Gasteiger partial charge in [0.15, 0.2) is 0 Å². The first kappa shape index (κ1) is 15.1. The van der Waals surface area contributed by atoms with Gasteiger partial charge in [0.1, 0.15) is 11.8 Å². The average Bonchev–Trinajstić information content (AvgIpc) is 2.41. The molecule has 0 radical (unpaired) electrons. The van der Waals surface area contributed by atoms with E-state index in [4.69, 9.17) is 5.26 Å². The lowest BCUT2D eigenvalue weighted by Gasteiger charge is -2.08. The van der Waals surface area contributed by atoms with Crippen molar-refractivity contribution in [3.8, 4) is 6.07 Å². The molecule has 0 atom stereocenters. The first-order chi connectivity index (χ1) is 9.13. The first-order valence-electron chi connectivity index (χ1n) is 6.45. The second-order valence-electron chi connectivity index (χ2n) is 4.75. The third kappa shape index (κ3) is 5.98. The van der Waals surface area contributed by atoms with Gasteiger partial charge in [0, 0.05) is 37.8 Å². The normalized spacial score (nSPS) is 10.2. The van der Waals surface area contributed by atoms with E-state index in [9.17, 15) is 4.79 Å². The van der Waals surface area contributed by atoms with Crippen LogP contribution in [-0.2, 0) is 11.3 Å². The molecule has 0 aromatic carbocycles. The molecule has 0 aliphatic rings. The Morgan fingerprint density at radius 2 is 2.32 bits per heavy atom. The van der Waals surface area contributed by atoms with E-state index in [-0.39, 0.29) is 5.91 Å². The molecule has 0 saturated carbocycles. The standard InChI is InChI=1S/C14H20N4O/c1-11(2)9-18-14(19)5-7-16-10-12-4-3-6-17-13(12)8-15/h3-4,6,11,16H,5,7,9-10H2,1-2H3,(H,18,19). The summed E-state index contributed by atoms with van der Waals surface area (Å²) in [5.41, 5.74) is 1.28. The van der Waals surface area contributed by atoms with Gasteiger partial charge in [-0.3, -0.25) is 4.79 Å². The van der Waals surface area contributed by atoms with Crippen LogP contribution in [0, 0.1) is 17.2 Å². The molecule has 1 amide bonds. The number of nitrogens with one attached hydrogen (secondary N) is 2. The Hall–Kier alpha value is -1.93. The summed E-state index contributed by atoms with van der Waals surface area (Å²) in [5.74, 6) is 0.512. The number of amides is 1. The highest BCUT2D eigenvalue weighted by molar-refractivity contribution is 5.76. The van der Waals surface area contributed by atoms with Gasteiger partial charge in [0.25, 0.3) is 0 Å². The van der Waals surface area contributed by atoms with E-state index in [1.807, 2.05) is 12.1 Å². The fourth-order valence-corrected chi connectivity index (χ4v) is 1.51. The molecule has 5 nitrogen and oxygen atoms in total. The molecular formula is C14H20N4O. The summed E-state index contributed by atoms with van der Waals surface area (Å²) in [7, 11) is 0. The molecular weight excluding hydrogens is 240 g/mol. The topological polar surface area (TPSA) is 77.8 Å². The Balaban J connectivity index is 2.24. The predicted molar refractivity (Wildman–Crippen MR) is 73.1 cm³/mol. The molecule has 19 heavy (non-hydrogen) atoms. The fraction of sp³-hybridized carbons (Fsp3) is 0.500. The summed E-state index contributed by atoms with van der Waals surface area (Å²) in [4.78, 5) is 15.4. The maximum Gasteiger partial charge on any atom is 0.221 e. The number of nitriles is 1. The van der Waals surface area contributed by atoms with Gasteiger partial charge in [-0.15, -0.1) is 0 Å². The zero-order valence-electron chi connectivity index (χ0n) is 11.4. The molecule has 0 saturated heterocycles. The molecule has 1 heterocycles. The second kappa shape index (κ2) is 8.22. The van der Waals surface area contributed by atoms with E-state index in [2.05, 4.69) is 29.5 Å². The lowest BCUT2D eigenvalue weighted by molar-refractivity contribution is -0.121. The molecule has 0 bridgehead atoms. The first-order valence-corrected chi connectivity index (χ1v) is 6.45. The van der Waals surface area contributed by atoms with E-state index in [1.165, 1.54) is 0 Å². The molecule has 0 aliphatic carbocycles. The van der Waals surface area contributed by atoms with Crippen molar-refractivity contribution in [2.24, 2.45) is 5.92 Å². The summed E-state index contributed by atoms with van der Waals surface area (Å²) in [6, 6.07) is 5.70. The van der Waals surface area contributed by atoms with Crippen molar-refractivity contribution < 1.29 is 4.79 Å². The highest BCUT2D eigenvalue weighted by Gasteiger charge is 2.04. The molecule has 5 heteroatoms. The third-order valence-corrected chi connectivity index (χ3v) is 2.55. The fourth-order valence-electron chi connectivity index (χ4n) is 1.51. The lowest BCUT2D eigenvalue weighted by Crippen LogP contribution is -2.30. The molecule has 0 spiro atoms. The van der Waals surface area contributed by atoms with Crippen LogP contribution in [0.3, 0.4) is 0 Å². The van der Waals surface area contributed by atoms with E-state index in [0.717, 1.165) is 5.56 Å². The number of hydrogen-bond acceptors (Lipinski definition) is 4. The van der Waals surface area contributed by atoms with Gasteiger partial charge in [0.05, 0.1) is 0 Å². The Morgan fingerprint density at radius 3 is 3.00 bits per heavy atom. The zero-order chi connectivity index (χ0) is 14.1. The summed E-state index contributed by atoms with van der Waals surface area (Å²) < 4.78 is 0. The quantitative estimate of drug-likeness (QED) is 0.722. The summed E-state index contributed by atoms with van der Waals surface area (Å²) in [5, 5.41) is 14.9. The van der Waals surface area contributed by atoms with Crippen molar-refractivity contribution in [3.05, 3.63) is 29.6 Å². The van der Waals surface area contributed by atoms with Crippen LogP contribution in [-0.4, -0.2) is 24.0 Å². The number of aromatic nitrogens is 1. The largest absolute Gasteiger partial charge is 0.356 e. The van der Waals surface area contributed by atoms with Crippen LogP contribution in [0.1, 0.15) is 31.5 Å². The van der Waals surface area contributed by atoms with E-state index < -0.39 is 0 Å². The number of carbonyl (C=O) groups is 1. The Kier molecular flexibility index (Phi) is 6.55. The van der Waals surface area contributed by atoms with E-state index in [0.29, 0.717) is 37.7 Å². The van der Waals surface area contributed by atoms with Gasteiger partial charge in [-0.05, 0) is 12.0 Å². The van der Waals surface area contributed by atoms with Crippen molar-refractivity contribution in [3.63, 3.8) is 0 Å². The minimum atomic E-state index is 0.0490. The molecule has 1 aromatic heterocycles. The lowest BCUT2D eigenvalue weighted by atomic mass is 10.2. The summed E-state index contributed by atoms with van der Waals surface area (Å²) >= 11 is 0. The molecule has 0 fully saturated rings. The van der Waals surface area contributed by atoms with Crippen LogP contribution < -0.4 is 10.6 Å². The highest BCUT2D eigenvalue weighted by atomic mass is 16.1. The van der Waals surface area contributed by atoms with Crippen LogP contribution in [0.4, 0.5) is 0 Å². The Labute approximate surface area is 114 Å². The van der Waals surface area contributed by atoms with Crippen LogP contribution in [0.25, 0.3) is 0 Å². The molecule has 1 rings (SSSR count). The van der Waals surface area contributed by atoms with Gasteiger partial charge in [0.2, 0.25) is 5.91 Å². The van der Waals surface area contributed by atoms with Gasteiger partial charge in [-0.25, -0.2) is 4.98 Å². The zero-order valence-corrected chi connectivity index (χ0v) is 11.4. The number of hydrogen-bond donors (Lipinski definition) is 2. The Morgan fingerprint density at radius 1 is 1.53 bits per heavy atom. The monoisotopic (exact) mass is 260 g/mol. The maximum atomic E-state index is 11.5. The van der Waals surface area contributed by atoms with E-state index >= 15 is 0 Å². The van der Waals surface area contributed by atoms with Crippen LogP contribution in [0.15, 0.2) is 18.3 Å². The number of carbonyl (C=O) groups excluding carboxylic acids is 1. The van der Waals surface area contributed by atoms with Crippen LogP contribution in [0.2, 0.25) is 0 Å². The van der Waals surface area contributed by atoms with Crippen molar-refractivity contribution in [2.45, 2.75) is 26.8 Å². The number of nitrogens with zero attached hydrogens (tertiary/aromatic N) is 2. The second-order valence-corrected chi connectivity index (χ2v) is 4.75. The summed E-state index contributed by atoms with van der Waals surface area (Å²) in [6.45, 7) is 5.96. The predicted octanol–water partition coefficient (Wildman–Crippen LogP) is 1.21. The molecule has 0 aliphatic heterocycles. The molecule has 0 unspecified atom stereocenters. The smallest absolute Gasteiger partial charge is 0.221 e. The summed E-state index contributed by atoms with van der Waals surface area (Å²) in [6.07, 6.45) is 2.04. The van der Waals surface area contributed by atoms with Gasteiger partial charge < -0.3 is 10.6 Å². The molecule has 102 valence electrons. The number of pyridine rings is 1. The van der Waals surface area contributed by atoms with Gasteiger partial charge in [-0.2, -0.15) is 5.26 Å². The Bertz CT molecular complexity index is 451. The third-order valence-electron chi connectivity index (χ3n) is 2.55. The van der Waals surface area contributed by atoms with Crippen molar-refractivity contribution in [1.82, 2.24) is 15.6 Å². The van der Waals surface area contributed by atoms with Gasteiger partial charge in [-0.1, -0.05) is 19.9 Å². The van der Waals surface area contributed by atoms with Crippen molar-refractivity contribution in [2.75, 3.05) is 13.1 Å². The van der Waals surface area contributed by atoms with Crippen LogP contribution in [0.5, 0.6) is 0 Å². The average molecular weight is 260 g/mol. The maximum absolute atomic E-state index is 11.5. The minimum Gasteiger partial charge on any atom is -0.356 e. The van der Waals surface area contributed by atoms with E-state index in [1.54, 1.807) is 12.3 Å². The van der Waals surface area contributed by atoms with Crippen molar-refractivity contribution >= 4 is 5.91 Å². The van der Waals surface area contributed by atoms with Gasteiger partial charge >= 0.3 is 0 Å². The molecule has 2 N–H and O–H groups in total. The number of rotatable bonds is 7.